The van der Waals surface area contributed by atoms with Gasteiger partial charge < -0.3 is 9.59 Å². The van der Waals surface area contributed by atoms with Gasteiger partial charge in [-0.2, -0.15) is 0 Å². The van der Waals surface area contributed by atoms with Crippen molar-refractivity contribution in [1.29, 1.82) is 0 Å². The second-order valence-electron chi connectivity index (χ2n) is 8.69. The molecule has 0 heterocycles. The van der Waals surface area contributed by atoms with Gasteiger partial charge in [-0.15, -0.1) is 0 Å². The maximum absolute atomic E-state index is 11.9. The zero-order valence-corrected chi connectivity index (χ0v) is 16.9. The fraction of sp³-hybridized carbons (Fsp3) is 0.542. The first-order valence-corrected chi connectivity index (χ1v) is 10.1. The summed E-state index contributed by atoms with van der Waals surface area (Å²) < 4.78 is 0. The van der Waals surface area contributed by atoms with E-state index in [4.69, 9.17) is 0 Å². The molecule has 0 saturated heterocycles. The van der Waals surface area contributed by atoms with Gasteiger partial charge in [0, 0.05) is 17.8 Å². The summed E-state index contributed by atoms with van der Waals surface area (Å²) in [6, 6.07) is 0. The Bertz CT molecular complexity index is 794. The van der Waals surface area contributed by atoms with E-state index >= 15 is 0 Å². The molecule has 0 fully saturated rings. The molecule has 3 nitrogen and oxygen atoms in total. The second kappa shape index (κ2) is 7.18. The predicted molar refractivity (Wildman–Crippen MR) is 107 cm³/mol. The van der Waals surface area contributed by atoms with E-state index in [1.54, 1.807) is 12.2 Å². The SMILES string of the molecule is CC1CC=C2C3=C(CCC21C)C1(C)C=CC(=O)C=C1CC3C=O.CCC=O. The van der Waals surface area contributed by atoms with E-state index in [9.17, 15) is 14.4 Å². The molecule has 0 spiro atoms. The standard InChI is InChI=1S/C21H24O2.C3H6O/c1-13-4-5-17-19-14(12-22)10-15-11-16(23)6-8-21(15,3)18(19)7-9-20(13,17)2;1-2-3-4/h5-6,8,11-14H,4,7,9-10H2,1-3H3;3H,2H2,1H3. The highest BCUT2D eigenvalue weighted by molar-refractivity contribution is 6.01. The average molecular weight is 367 g/mol. The first-order chi connectivity index (χ1) is 12.8. The molecule has 0 amide bonds. The van der Waals surface area contributed by atoms with Crippen LogP contribution in [0.15, 0.2) is 46.6 Å². The van der Waals surface area contributed by atoms with Gasteiger partial charge in [-0.25, -0.2) is 0 Å². The molecule has 4 unspecified atom stereocenters. The fourth-order valence-electron chi connectivity index (χ4n) is 5.24. The minimum Gasteiger partial charge on any atom is -0.303 e. The van der Waals surface area contributed by atoms with E-state index in [0.717, 1.165) is 37.4 Å². The van der Waals surface area contributed by atoms with E-state index in [2.05, 4.69) is 32.9 Å². The van der Waals surface area contributed by atoms with Gasteiger partial charge in [-0.05, 0) is 67.2 Å². The van der Waals surface area contributed by atoms with Gasteiger partial charge in [0.05, 0.1) is 0 Å². The van der Waals surface area contributed by atoms with Crippen molar-refractivity contribution in [1.82, 2.24) is 0 Å². The Labute approximate surface area is 162 Å². The van der Waals surface area contributed by atoms with Gasteiger partial charge in [-0.1, -0.05) is 44.1 Å². The Kier molecular flexibility index (Phi) is 5.24. The smallest absolute Gasteiger partial charge is 0.178 e. The molecule has 27 heavy (non-hydrogen) atoms. The van der Waals surface area contributed by atoms with Crippen LogP contribution in [0.3, 0.4) is 0 Å². The quantitative estimate of drug-likeness (QED) is 0.651. The van der Waals surface area contributed by atoms with Crippen LogP contribution >= 0.6 is 0 Å². The number of rotatable bonds is 2. The van der Waals surface area contributed by atoms with Gasteiger partial charge in [0.15, 0.2) is 5.78 Å². The predicted octanol–water partition coefficient (Wildman–Crippen LogP) is 4.94. The highest BCUT2D eigenvalue weighted by Crippen LogP contribution is 2.62. The molecule has 0 bridgehead atoms. The highest BCUT2D eigenvalue weighted by Gasteiger charge is 2.50. The molecule has 4 aliphatic rings. The normalized spacial score (nSPS) is 36.5. The molecule has 4 aliphatic carbocycles. The molecule has 0 radical (unpaired) electrons. The van der Waals surface area contributed by atoms with Crippen LogP contribution in [-0.2, 0) is 14.4 Å². The molecular weight excluding hydrogens is 336 g/mol. The summed E-state index contributed by atoms with van der Waals surface area (Å²) in [6.07, 6.45) is 14.5. The highest BCUT2D eigenvalue weighted by atomic mass is 16.1. The summed E-state index contributed by atoms with van der Waals surface area (Å²) in [5.41, 5.74) is 5.28. The maximum atomic E-state index is 11.9. The summed E-state index contributed by atoms with van der Waals surface area (Å²) in [5, 5.41) is 0. The van der Waals surface area contributed by atoms with Crippen LogP contribution in [0.5, 0.6) is 0 Å². The first-order valence-electron chi connectivity index (χ1n) is 10.1. The molecule has 0 aromatic rings. The summed E-state index contributed by atoms with van der Waals surface area (Å²) >= 11 is 0. The molecule has 144 valence electrons. The van der Waals surface area contributed by atoms with Crippen LogP contribution in [0.2, 0.25) is 0 Å². The summed E-state index contributed by atoms with van der Waals surface area (Å²) in [7, 11) is 0. The van der Waals surface area contributed by atoms with E-state index < -0.39 is 0 Å². The molecule has 0 aliphatic heterocycles. The van der Waals surface area contributed by atoms with Crippen LogP contribution in [0, 0.1) is 22.7 Å². The van der Waals surface area contributed by atoms with Crippen LogP contribution in [0.4, 0.5) is 0 Å². The Hall–Kier alpha value is -2.03. The summed E-state index contributed by atoms with van der Waals surface area (Å²) in [4.78, 5) is 32.8. The third-order valence-electron chi connectivity index (χ3n) is 7.22. The molecule has 4 rings (SSSR count). The first kappa shape index (κ1) is 19.7. The van der Waals surface area contributed by atoms with Gasteiger partial charge in [-0.3, -0.25) is 4.79 Å². The van der Waals surface area contributed by atoms with Crippen LogP contribution < -0.4 is 0 Å². The largest absolute Gasteiger partial charge is 0.303 e. The number of allylic oxidation sites excluding steroid dienone is 8. The van der Waals surface area contributed by atoms with Crippen molar-refractivity contribution in [3.05, 3.63) is 46.6 Å². The van der Waals surface area contributed by atoms with Crippen molar-refractivity contribution < 1.29 is 14.4 Å². The summed E-state index contributed by atoms with van der Waals surface area (Å²) in [5.74, 6) is 0.618. The van der Waals surface area contributed by atoms with Gasteiger partial charge in [0.2, 0.25) is 0 Å². The van der Waals surface area contributed by atoms with Crippen molar-refractivity contribution in [3.8, 4) is 0 Å². The zero-order chi connectivity index (χ0) is 19.8. The van der Waals surface area contributed by atoms with Crippen molar-refractivity contribution in [2.45, 2.75) is 59.8 Å². The monoisotopic (exact) mass is 366 g/mol. The topological polar surface area (TPSA) is 51.2 Å². The second-order valence-corrected chi connectivity index (χ2v) is 8.69. The Morgan fingerprint density at radius 1 is 1.26 bits per heavy atom. The van der Waals surface area contributed by atoms with E-state index in [0.29, 0.717) is 18.8 Å². The lowest BCUT2D eigenvalue weighted by Crippen LogP contribution is -2.39. The minimum absolute atomic E-state index is 0.0560. The number of ketones is 1. The number of carbonyl (C=O) groups excluding carboxylic acids is 3. The molecule has 0 N–H and O–H groups in total. The minimum atomic E-state index is -0.170. The Morgan fingerprint density at radius 2 is 1.96 bits per heavy atom. The fourth-order valence-corrected chi connectivity index (χ4v) is 5.24. The van der Waals surface area contributed by atoms with E-state index in [1.807, 2.05) is 6.92 Å². The van der Waals surface area contributed by atoms with Crippen LogP contribution in [-0.4, -0.2) is 18.4 Å². The Balaban J connectivity index is 0.000000481. The van der Waals surface area contributed by atoms with Gasteiger partial charge in [0.25, 0.3) is 0 Å². The van der Waals surface area contributed by atoms with Crippen LogP contribution in [0.25, 0.3) is 0 Å². The lowest BCUT2D eigenvalue weighted by atomic mass is 9.54. The third-order valence-corrected chi connectivity index (χ3v) is 7.22. The molecular formula is C24H30O3. The number of aldehydes is 2. The lowest BCUT2D eigenvalue weighted by Gasteiger charge is -2.49. The number of hydrogen-bond donors (Lipinski definition) is 0. The van der Waals surface area contributed by atoms with E-state index in [-0.39, 0.29) is 22.5 Å². The number of hydrogen-bond acceptors (Lipinski definition) is 3. The van der Waals surface area contributed by atoms with Crippen LogP contribution in [0.1, 0.15) is 59.8 Å². The Morgan fingerprint density at radius 3 is 2.59 bits per heavy atom. The average Bonchev–Trinajstić information content (AvgIpc) is 2.97. The van der Waals surface area contributed by atoms with E-state index in [1.165, 1.54) is 16.7 Å². The molecule has 0 aromatic carbocycles. The molecule has 3 heteroatoms. The maximum Gasteiger partial charge on any atom is 0.178 e. The molecule has 0 saturated carbocycles. The van der Waals surface area contributed by atoms with Crippen molar-refractivity contribution in [2.24, 2.45) is 22.7 Å². The third kappa shape index (κ3) is 3.01. The van der Waals surface area contributed by atoms with Gasteiger partial charge in [0.1, 0.15) is 12.6 Å². The molecule has 0 aromatic heterocycles. The molecule has 4 atom stereocenters. The van der Waals surface area contributed by atoms with Crippen molar-refractivity contribution in [2.75, 3.05) is 0 Å². The zero-order valence-electron chi connectivity index (χ0n) is 16.9. The van der Waals surface area contributed by atoms with Crippen molar-refractivity contribution in [3.63, 3.8) is 0 Å². The van der Waals surface area contributed by atoms with Gasteiger partial charge >= 0.3 is 0 Å². The summed E-state index contributed by atoms with van der Waals surface area (Å²) in [6.45, 7) is 8.74. The lowest BCUT2D eigenvalue weighted by molar-refractivity contribution is -0.111. The number of fused-ring (bicyclic) bond motifs is 4. The number of carbonyl (C=O) groups is 3. The van der Waals surface area contributed by atoms with Crippen molar-refractivity contribution >= 4 is 18.4 Å².